The van der Waals surface area contributed by atoms with Crippen molar-refractivity contribution in [2.75, 3.05) is 7.11 Å². The standard InChI is InChI=1S/C16H19NO2/c1-11-7-12(2)16(15(8-11)19-3)14(18)9-13-5-4-6-17-10-13/h4-8,10,14,18H,9H2,1-3H3. The molecule has 0 radical (unpaired) electrons. The number of benzene rings is 1. The highest BCUT2D eigenvalue weighted by Gasteiger charge is 2.17. The lowest BCUT2D eigenvalue weighted by Crippen LogP contribution is -2.07. The summed E-state index contributed by atoms with van der Waals surface area (Å²) >= 11 is 0. The summed E-state index contributed by atoms with van der Waals surface area (Å²) in [5.74, 6) is 0.744. The third-order valence-electron chi connectivity index (χ3n) is 3.20. The molecule has 0 saturated carbocycles. The van der Waals surface area contributed by atoms with Gasteiger partial charge in [-0.3, -0.25) is 4.98 Å². The van der Waals surface area contributed by atoms with Crippen molar-refractivity contribution in [3.8, 4) is 5.75 Å². The zero-order valence-electron chi connectivity index (χ0n) is 11.6. The summed E-state index contributed by atoms with van der Waals surface area (Å²) in [6.45, 7) is 4.02. The number of aliphatic hydroxyl groups excluding tert-OH is 1. The van der Waals surface area contributed by atoms with E-state index in [1.807, 2.05) is 32.0 Å². The smallest absolute Gasteiger partial charge is 0.125 e. The van der Waals surface area contributed by atoms with Gasteiger partial charge in [0.1, 0.15) is 5.75 Å². The molecule has 19 heavy (non-hydrogen) atoms. The van der Waals surface area contributed by atoms with E-state index in [1.165, 1.54) is 0 Å². The molecule has 2 aromatic rings. The molecule has 1 aromatic carbocycles. The van der Waals surface area contributed by atoms with Crippen molar-refractivity contribution in [2.45, 2.75) is 26.4 Å². The van der Waals surface area contributed by atoms with Gasteiger partial charge in [0.15, 0.2) is 0 Å². The molecule has 0 amide bonds. The number of aryl methyl sites for hydroxylation is 2. The quantitative estimate of drug-likeness (QED) is 0.915. The molecule has 3 nitrogen and oxygen atoms in total. The molecule has 1 heterocycles. The van der Waals surface area contributed by atoms with Crippen molar-refractivity contribution in [1.29, 1.82) is 0 Å². The topological polar surface area (TPSA) is 42.4 Å². The summed E-state index contributed by atoms with van der Waals surface area (Å²) in [7, 11) is 1.63. The van der Waals surface area contributed by atoms with Crippen molar-refractivity contribution in [3.63, 3.8) is 0 Å². The predicted octanol–water partition coefficient (Wildman–Crippen LogP) is 2.98. The van der Waals surface area contributed by atoms with Crippen LogP contribution < -0.4 is 4.74 Å². The maximum Gasteiger partial charge on any atom is 0.125 e. The normalized spacial score (nSPS) is 12.2. The Morgan fingerprint density at radius 2 is 2.11 bits per heavy atom. The van der Waals surface area contributed by atoms with Gasteiger partial charge in [0.25, 0.3) is 0 Å². The Balaban J connectivity index is 2.31. The third kappa shape index (κ3) is 3.12. The summed E-state index contributed by atoms with van der Waals surface area (Å²) < 4.78 is 5.39. The SMILES string of the molecule is COc1cc(C)cc(C)c1C(O)Cc1cccnc1. The molecule has 0 spiro atoms. The molecule has 1 unspecified atom stereocenters. The number of rotatable bonds is 4. The van der Waals surface area contributed by atoms with Crippen LogP contribution in [0.1, 0.15) is 28.4 Å². The summed E-state index contributed by atoms with van der Waals surface area (Å²) in [4.78, 5) is 4.07. The van der Waals surface area contributed by atoms with Crippen LogP contribution >= 0.6 is 0 Å². The summed E-state index contributed by atoms with van der Waals surface area (Å²) in [6, 6.07) is 7.85. The zero-order chi connectivity index (χ0) is 13.8. The Morgan fingerprint density at radius 3 is 2.74 bits per heavy atom. The minimum atomic E-state index is -0.584. The highest BCUT2D eigenvalue weighted by atomic mass is 16.5. The molecule has 0 aliphatic heterocycles. The first-order valence-corrected chi connectivity index (χ1v) is 6.34. The highest BCUT2D eigenvalue weighted by molar-refractivity contribution is 5.44. The second-order valence-electron chi connectivity index (χ2n) is 4.78. The molecule has 0 fully saturated rings. The van der Waals surface area contributed by atoms with Gasteiger partial charge in [-0.25, -0.2) is 0 Å². The molecule has 1 atom stereocenters. The van der Waals surface area contributed by atoms with E-state index in [-0.39, 0.29) is 0 Å². The van der Waals surface area contributed by atoms with Crippen LogP contribution in [0.25, 0.3) is 0 Å². The molecular weight excluding hydrogens is 238 g/mol. The van der Waals surface area contributed by atoms with E-state index in [9.17, 15) is 5.11 Å². The zero-order valence-corrected chi connectivity index (χ0v) is 11.6. The van der Waals surface area contributed by atoms with Crippen molar-refractivity contribution in [1.82, 2.24) is 4.98 Å². The van der Waals surface area contributed by atoms with E-state index >= 15 is 0 Å². The molecule has 3 heteroatoms. The van der Waals surface area contributed by atoms with Gasteiger partial charge in [-0.05, 0) is 42.7 Å². The van der Waals surface area contributed by atoms with Gasteiger partial charge >= 0.3 is 0 Å². The summed E-state index contributed by atoms with van der Waals surface area (Å²) in [6.07, 6.45) is 3.46. The van der Waals surface area contributed by atoms with E-state index in [2.05, 4.69) is 11.1 Å². The minimum absolute atomic E-state index is 0.536. The molecule has 0 saturated heterocycles. The van der Waals surface area contributed by atoms with Crippen LogP contribution in [0.4, 0.5) is 0 Å². The second-order valence-corrected chi connectivity index (χ2v) is 4.78. The Labute approximate surface area is 113 Å². The lowest BCUT2D eigenvalue weighted by Gasteiger charge is -2.18. The number of hydrogen-bond acceptors (Lipinski definition) is 3. The van der Waals surface area contributed by atoms with Crippen molar-refractivity contribution in [2.24, 2.45) is 0 Å². The number of methoxy groups -OCH3 is 1. The van der Waals surface area contributed by atoms with Crippen molar-refractivity contribution in [3.05, 3.63) is 58.9 Å². The van der Waals surface area contributed by atoms with Crippen molar-refractivity contribution >= 4 is 0 Å². The van der Waals surface area contributed by atoms with E-state index in [4.69, 9.17) is 4.74 Å². The van der Waals surface area contributed by atoms with Gasteiger partial charge in [0.2, 0.25) is 0 Å². The minimum Gasteiger partial charge on any atom is -0.496 e. The van der Waals surface area contributed by atoms with Gasteiger partial charge in [-0.2, -0.15) is 0 Å². The summed E-state index contributed by atoms with van der Waals surface area (Å²) in [5.41, 5.74) is 4.05. The molecule has 100 valence electrons. The Kier molecular flexibility index (Phi) is 4.17. The molecule has 0 bridgehead atoms. The Morgan fingerprint density at radius 1 is 1.32 bits per heavy atom. The predicted molar refractivity (Wildman–Crippen MR) is 75.4 cm³/mol. The maximum atomic E-state index is 10.4. The van der Waals surface area contributed by atoms with E-state index in [0.29, 0.717) is 6.42 Å². The monoisotopic (exact) mass is 257 g/mol. The van der Waals surface area contributed by atoms with Crippen LogP contribution in [0.5, 0.6) is 5.75 Å². The first-order valence-electron chi connectivity index (χ1n) is 6.34. The van der Waals surface area contributed by atoms with Gasteiger partial charge in [-0.15, -0.1) is 0 Å². The van der Waals surface area contributed by atoms with Crippen LogP contribution in [0.3, 0.4) is 0 Å². The fourth-order valence-electron chi connectivity index (χ4n) is 2.38. The lowest BCUT2D eigenvalue weighted by atomic mass is 9.96. The molecule has 2 rings (SSSR count). The third-order valence-corrected chi connectivity index (χ3v) is 3.20. The first-order chi connectivity index (χ1) is 9.11. The number of pyridine rings is 1. The van der Waals surface area contributed by atoms with Gasteiger partial charge in [-0.1, -0.05) is 12.1 Å². The fourth-order valence-corrected chi connectivity index (χ4v) is 2.38. The lowest BCUT2D eigenvalue weighted by molar-refractivity contribution is 0.173. The first kappa shape index (κ1) is 13.6. The maximum absolute atomic E-state index is 10.4. The Bertz CT molecular complexity index is 552. The van der Waals surface area contributed by atoms with E-state index < -0.39 is 6.10 Å². The van der Waals surface area contributed by atoms with Crippen LogP contribution in [-0.4, -0.2) is 17.2 Å². The fraction of sp³-hybridized carbons (Fsp3) is 0.312. The molecular formula is C16H19NO2. The van der Waals surface area contributed by atoms with Crippen molar-refractivity contribution < 1.29 is 9.84 Å². The molecule has 0 aliphatic rings. The van der Waals surface area contributed by atoms with Crippen LogP contribution in [0.15, 0.2) is 36.7 Å². The Hall–Kier alpha value is -1.87. The molecule has 0 aliphatic carbocycles. The molecule has 1 N–H and O–H groups in total. The largest absolute Gasteiger partial charge is 0.496 e. The van der Waals surface area contributed by atoms with E-state index in [1.54, 1.807) is 19.5 Å². The van der Waals surface area contributed by atoms with Gasteiger partial charge < -0.3 is 9.84 Å². The van der Waals surface area contributed by atoms with Crippen LogP contribution in [0, 0.1) is 13.8 Å². The average molecular weight is 257 g/mol. The second kappa shape index (κ2) is 5.85. The highest BCUT2D eigenvalue weighted by Crippen LogP contribution is 2.31. The molecule has 1 aromatic heterocycles. The van der Waals surface area contributed by atoms with Gasteiger partial charge in [0.05, 0.1) is 13.2 Å². The van der Waals surface area contributed by atoms with Gasteiger partial charge in [0, 0.05) is 24.4 Å². The average Bonchev–Trinajstić information content (AvgIpc) is 2.38. The number of nitrogens with zero attached hydrogens (tertiary/aromatic N) is 1. The summed E-state index contributed by atoms with van der Waals surface area (Å²) in [5, 5.41) is 10.4. The van der Waals surface area contributed by atoms with E-state index in [0.717, 1.165) is 28.0 Å². The van der Waals surface area contributed by atoms with Crippen LogP contribution in [-0.2, 0) is 6.42 Å². The number of ether oxygens (including phenoxy) is 1. The number of aliphatic hydroxyl groups is 1. The van der Waals surface area contributed by atoms with Crippen LogP contribution in [0.2, 0.25) is 0 Å². The number of hydrogen-bond donors (Lipinski definition) is 1. The number of aromatic nitrogens is 1.